The summed E-state index contributed by atoms with van der Waals surface area (Å²) in [7, 11) is 0. The number of benzene rings is 1. The highest BCUT2D eigenvalue weighted by molar-refractivity contribution is 6.21. The molecule has 0 fully saturated rings. The SMILES string of the molecule is CCC(C)(C)c1ccc2c(c1)C(Cl)CC(C)CC2. The third-order valence-corrected chi connectivity index (χ3v) is 5.08. The second-order valence-electron chi connectivity index (χ2n) is 6.50. The van der Waals surface area contributed by atoms with Gasteiger partial charge in [-0.25, -0.2) is 0 Å². The first-order valence-corrected chi connectivity index (χ1v) is 7.65. The molecule has 1 aromatic rings. The Morgan fingerprint density at radius 2 is 2.06 bits per heavy atom. The van der Waals surface area contributed by atoms with Crippen molar-refractivity contribution in [3.63, 3.8) is 0 Å². The molecule has 1 heteroatoms. The van der Waals surface area contributed by atoms with Gasteiger partial charge in [-0.3, -0.25) is 0 Å². The van der Waals surface area contributed by atoms with E-state index in [0.717, 1.165) is 18.8 Å². The van der Waals surface area contributed by atoms with Crippen LogP contribution in [0.4, 0.5) is 0 Å². The molecule has 1 aliphatic carbocycles. The van der Waals surface area contributed by atoms with E-state index in [1.54, 1.807) is 0 Å². The van der Waals surface area contributed by atoms with E-state index in [0.29, 0.717) is 0 Å². The van der Waals surface area contributed by atoms with Gasteiger partial charge in [-0.2, -0.15) is 0 Å². The summed E-state index contributed by atoms with van der Waals surface area (Å²) in [5.41, 5.74) is 4.54. The fraction of sp³-hybridized carbons (Fsp3) is 0.647. The van der Waals surface area contributed by atoms with Crippen LogP contribution < -0.4 is 0 Å². The lowest BCUT2D eigenvalue weighted by Crippen LogP contribution is -2.16. The van der Waals surface area contributed by atoms with Crippen LogP contribution in [0.15, 0.2) is 18.2 Å². The summed E-state index contributed by atoms with van der Waals surface area (Å²) in [6.07, 6.45) is 4.74. The average Bonchev–Trinajstić information content (AvgIpc) is 2.48. The minimum atomic E-state index is 0.199. The fourth-order valence-electron chi connectivity index (χ4n) is 2.74. The summed E-state index contributed by atoms with van der Waals surface area (Å²) in [4.78, 5) is 0. The van der Waals surface area contributed by atoms with E-state index in [4.69, 9.17) is 11.6 Å². The zero-order chi connectivity index (χ0) is 13.3. The van der Waals surface area contributed by atoms with Gasteiger partial charge in [0.25, 0.3) is 0 Å². The zero-order valence-corrected chi connectivity index (χ0v) is 12.8. The number of hydrogen-bond donors (Lipinski definition) is 0. The second kappa shape index (κ2) is 5.25. The van der Waals surface area contributed by atoms with Crippen LogP contribution in [0.2, 0.25) is 0 Å². The van der Waals surface area contributed by atoms with Crippen molar-refractivity contribution in [3.05, 3.63) is 34.9 Å². The molecule has 1 aliphatic rings. The number of halogens is 1. The van der Waals surface area contributed by atoms with Gasteiger partial charge in [0.2, 0.25) is 0 Å². The summed E-state index contributed by atoms with van der Waals surface area (Å²) >= 11 is 6.61. The average molecular weight is 265 g/mol. The molecule has 0 bridgehead atoms. The maximum Gasteiger partial charge on any atom is 0.0590 e. The fourth-order valence-corrected chi connectivity index (χ4v) is 3.25. The van der Waals surface area contributed by atoms with Gasteiger partial charge in [0, 0.05) is 0 Å². The lowest BCUT2D eigenvalue weighted by molar-refractivity contribution is 0.500. The summed E-state index contributed by atoms with van der Waals surface area (Å²) in [6, 6.07) is 6.99. The second-order valence-corrected chi connectivity index (χ2v) is 7.02. The largest absolute Gasteiger partial charge is 0.118 e. The molecule has 0 aliphatic heterocycles. The maximum absolute atomic E-state index is 6.61. The number of hydrogen-bond acceptors (Lipinski definition) is 0. The Morgan fingerprint density at radius 1 is 1.33 bits per heavy atom. The Balaban J connectivity index is 2.40. The summed E-state index contributed by atoms with van der Waals surface area (Å²) in [5.74, 6) is 0.738. The van der Waals surface area contributed by atoms with E-state index in [-0.39, 0.29) is 10.8 Å². The molecule has 0 spiro atoms. The van der Waals surface area contributed by atoms with E-state index >= 15 is 0 Å². The predicted octanol–water partition coefficient (Wildman–Crippen LogP) is 5.63. The maximum atomic E-state index is 6.61. The van der Waals surface area contributed by atoms with Gasteiger partial charge in [0.05, 0.1) is 5.38 Å². The first-order chi connectivity index (χ1) is 8.44. The van der Waals surface area contributed by atoms with Gasteiger partial charge in [-0.1, -0.05) is 45.9 Å². The summed E-state index contributed by atoms with van der Waals surface area (Å²) in [6.45, 7) is 9.21. The smallest absolute Gasteiger partial charge is 0.0590 e. The van der Waals surface area contributed by atoms with Crippen molar-refractivity contribution >= 4 is 11.6 Å². The van der Waals surface area contributed by atoms with Crippen LogP contribution in [0.25, 0.3) is 0 Å². The summed E-state index contributed by atoms with van der Waals surface area (Å²) < 4.78 is 0. The van der Waals surface area contributed by atoms with Gasteiger partial charge in [-0.05, 0) is 53.7 Å². The molecule has 2 rings (SSSR count). The number of fused-ring (bicyclic) bond motifs is 1. The number of rotatable bonds is 2. The van der Waals surface area contributed by atoms with Crippen molar-refractivity contribution in [1.82, 2.24) is 0 Å². The molecule has 0 saturated carbocycles. The van der Waals surface area contributed by atoms with Crippen molar-refractivity contribution < 1.29 is 0 Å². The monoisotopic (exact) mass is 264 g/mol. The first-order valence-electron chi connectivity index (χ1n) is 7.21. The molecular weight excluding hydrogens is 240 g/mol. The Bertz CT molecular complexity index is 420. The Hall–Kier alpha value is -0.490. The highest BCUT2D eigenvalue weighted by atomic mass is 35.5. The molecule has 18 heavy (non-hydrogen) atoms. The van der Waals surface area contributed by atoms with Crippen LogP contribution in [0.5, 0.6) is 0 Å². The van der Waals surface area contributed by atoms with Crippen LogP contribution in [0, 0.1) is 5.92 Å². The number of alkyl halides is 1. The van der Waals surface area contributed by atoms with Crippen molar-refractivity contribution in [2.24, 2.45) is 5.92 Å². The third-order valence-electron chi connectivity index (χ3n) is 4.66. The van der Waals surface area contributed by atoms with Gasteiger partial charge in [-0.15, -0.1) is 11.6 Å². The molecule has 0 saturated heterocycles. The third kappa shape index (κ3) is 2.74. The molecule has 0 aromatic heterocycles. The Kier molecular flexibility index (Phi) is 4.06. The highest BCUT2D eigenvalue weighted by Crippen LogP contribution is 2.38. The predicted molar refractivity (Wildman–Crippen MR) is 80.5 cm³/mol. The topological polar surface area (TPSA) is 0 Å². The van der Waals surface area contributed by atoms with Gasteiger partial charge >= 0.3 is 0 Å². The Labute approximate surface area is 117 Å². The standard InChI is InChI=1S/C17H25Cl/c1-5-17(3,4)14-9-8-13-7-6-12(2)10-16(18)15(13)11-14/h8-9,11-12,16H,5-7,10H2,1-4H3. The molecule has 2 atom stereocenters. The summed E-state index contributed by atoms with van der Waals surface area (Å²) in [5, 5.41) is 0.199. The van der Waals surface area contributed by atoms with Crippen molar-refractivity contribution in [1.29, 1.82) is 0 Å². The van der Waals surface area contributed by atoms with Crippen molar-refractivity contribution in [3.8, 4) is 0 Å². The Morgan fingerprint density at radius 3 is 2.72 bits per heavy atom. The van der Waals surface area contributed by atoms with Crippen LogP contribution in [-0.4, -0.2) is 0 Å². The lowest BCUT2D eigenvalue weighted by atomic mass is 9.80. The van der Waals surface area contributed by atoms with E-state index in [9.17, 15) is 0 Å². The van der Waals surface area contributed by atoms with E-state index < -0.39 is 0 Å². The molecule has 100 valence electrons. The van der Waals surface area contributed by atoms with Crippen LogP contribution in [0.3, 0.4) is 0 Å². The zero-order valence-electron chi connectivity index (χ0n) is 12.1. The van der Waals surface area contributed by atoms with Gasteiger partial charge < -0.3 is 0 Å². The van der Waals surface area contributed by atoms with E-state index in [1.165, 1.54) is 29.5 Å². The molecule has 0 nitrogen and oxygen atoms in total. The van der Waals surface area contributed by atoms with Crippen LogP contribution in [0.1, 0.15) is 69.0 Å². The highest BCUT2D eigenvalue weighted by Gasteiger charge is 2.24. The quantitative estimate of drug-likeness (QED) is 0.480. The van der Waals surface area contributed by atoms with Gasteiger partial charge in [0.15, 0.2) is 0 Å². The van der Waals surface area contributed by atoms with Crippen molar-refractivity contribution in [2.45, 2.75) is 64.2 Å². The molecule has 0 heterocycles. The molecule has 0 amide bonds. The van der Waals surface area contributed by atoms with Gasteiger partial charge in [0.1, 0.15) is 0 Å². The first kappa shape index (κ1) is 13.9. The lowest BCUT2D eigenvalue weighted by Gasteiger charge is -2.25. The van der Waals surface area contributed by atoms with Crippen molar-refractivity contribution in [2.75, 3.05) is 0 Å². The molecule has 2 unspecified atom stereocenters. The van der Waals surface area contributed by atoms with Crippen LogP contribution >= 0.6 is 11.6 Å². The van der Waals surface area contributed by atoms with E-state index in [1.807, 2.05) is 0 Å². The normalized spacial score (nSPS) is 24.5. The van der Waals surface area contributed by atoms with Crippen LogP contribution in [-0.2, 0) is 11.8 Å². The minimum absolute atomic E-state index is 0.199. The molecule has 0 N–H and O–H groups in total. The minimum Gasteiger partial charge on any atom is -0.118 e. The molecule has 0 radical (unpaired) electrons. The van der Waals surface area contributed by atoms with E-state index in [2.05, 4.69) is 45.9 Å². The molecule has 1 aromatic carbocycles. The number of aryl methyl sites for hydroxylation is 1. The molecular formula is C17H25Cl.